The number of aliphatic hydroxyl groups is 2. The van der Waals surface area contributed by atoms with Crippen LogP contribution in [-0.2, 0) is 24.3 Å². The van der Waals surface area contributed by atoms with Gasteiger partial charge in [-0.1, -0.05) is 42.0 Å². The highest BCUT2D eigenvalue weighted by molar-refractivity contribution is 7.12. The molecule has 0 radical (unpaired) electrons. The Kier molecular flexibility index (Phi) is 8.58. The number of likely N-dealkylation sites (tertiary alicyclic amines) is 2. The van der Waals surface area contributed by atoms with E-state index >= 15 is 0 Å². The Hall–Kier alpha value is -2.34. The zero-order chi connectivity index (χ0) is 30.3. The van der Waals surface area contributed by atoms with Gasteiger partial charge in [-0.2, -0.15) is 0 Å². The molecule has 0 saturated carbocycles. The molecule has 7 rings (SSSR count). The lowest BCUT2D eigenvalue weighted by atomic mass is 9.88. The summed E-state index contributed by atoms with van der Waals surface area (Å²) in [4.78, 5) is 8.60. The van der Waals surface area contributed by atoms with Crippen LogP contribution in [0.25, 0.3) is 0 Å². The average molecular weight is 663 g/mol. The SMILES string of the molecule is Cc1cc(CN2CCC[C@H]2C(O)(c2cccs2)c2cccs2)c(O)c(CN2CCC[C@H]2C(O)(c2cccs2)c2cccs2)c1. The van der Waals surface area contributed by atoms with Crippen LogP contribution in [0, 0.1) is 6.92 Å². The summed E-state index contributed by atoms with van der Waals surface area (Å²) < 4.78 is 0. The van der Waals surface area contributed by atoms with Crippen molar-refractivity contribution in [3.05, 3.63) is 118 Å². The summed E-state index contributed by atoms with van der Waals surface area (Å²) in [5.74, 6) is 0.332. The van der Waals surface area contributed by atoms with Crippen molar-refractivity contribution in [2.24, 2.45) is 0 Å². The van der Waals surface area contributed by atoms with E-state index in [2.05, 4.69) is 28.9 Å². The van der Waals surface area contributed by atoms with Gasteiger partial charge < -0.3 is 15.3 Å². The molecule has 2 atom stereocenters. The van der Waals surface area contributed by atoms with E-state index in [0.29, 0.717) is 18.8 Å². The molecule has 44 heavy (non-hydrogen) atoms. The first-order valence-electron chi connectivity index (χ1n) is 15.3. The Balaban J connectivity index is 1.18. The molecule has 0 spiro atoms. The summed E-state index contributed by atoms with van der Waals surface area (Å²) in [7, 11) is 0. The van der Waals surface area contributed by atoms with Gasteiger partial charge in [0.1, 0.15) is 17.0 Å². The second kappa shape index (κ2) is 12.5. The fourth-order valence-electron chi connectivity index (χ4n) is 7.47. The van der Waals surface area contributed by atoms with E-state index in [1.54, 1.807) is 45.3 Å². The molecule has 2 fully saturated rings. The van der Waals surface area contributed by atoms with E-state index in [9.17, 15) is 15.3 Å². The first-order valence-corrected chi connectivity index (χ1v) is 18.8. The number of phenols is 1. The van der Waals surface area contributed by atoms with Gasteiger partial charge in [-0.25, -0.2) is 0 Å². The molecule has 3 N–H and O–H groups in total. The zero-order valence-corrected chi connectivity index (χ0v) is 28.0. The summed E-state index contributed by atoms with van der Waals surface area (Å²) in [5, 5.41) is 44.7. The molecule has 0 bridgehead atoms. The number of benzene rings is 1. The van der Waals surface area contributed by atoms with Crippen molar-refractivity contribution in [1.82, 2.24) is 9.80 Å². The highest BCUT2D eigenvalue weighted by atomic mass is 32.1. The predicted molar refractivity (Wildman–Crippen MR) is 183 cm³/mol. The van der Waals surface area contributed by atoms with Crippen molar-refractivity contribution in [2.75, 3.05) is 13.1 Å². The molecule has 230 valence electrons. The lowest BCUT2D eigenvalue weighted by Crippen LogP contribution is -2.47. The summed E-state index contributed by atoms with van der Waals surface area (Å²) in [6, 6.07) is 20.3. The molecular weight excluding hydrogens is 625 g/mol. The van der Waals surface area contributed by atoms with Crippen molar-refractivity contribution >= 4 is 45.3 Å². The lowest BCUT2D eigenvalue weighted by molar-refractivity contribution is -0.00159. The van der Waals surface area contributed by atoms with E-state index in [4.69, 9.17) is 0 Å². The molecule has 5 nitrogen and oxygen atoms in total. The van der Waals surface area contributed by atoms with Crippen LogP contribution in [-0.4, -0.2) is 50.3 Å². The minimum atomic E-state index is -1.09. The summed E-state index contributed by atoms with van der Waals surface area (Å²) >= 11 is 6.42. The standard InChI is InChI=1S/C35H38N2O3S4/c1-24-20-25(22-36-14-2-8-27(36)34(39,29-10-4-16-41-29)30-11-5-17-42-30)33(38)26(21-24)23-37-15-3-9-28(37)35(40,31-12-6-18-43-31)32-13-7-19-44-32/h4-7,10-13,16-21,27-28,38-40H,2-3,8-9,14-15,22-23H2,1H3/t27-,28-/m0/s1. The van der Waals surface area contributed by atoms with E-state index < -0.39 is 11.2 Å². The number of phenolic OH excluding ortho intramolecular Hbond substituents is 1. The Bertz CT molecular complexity index is 1460. The number of rotatable bonds is 10. The van der Waals surface area contributed by atoms with Crippen LogP contribution >= 0.6 is 45.3 Å². The van der Waals surface area contributed by atoms with Gasteiger partial charge in [-0.05, 0) is 91.5 Å². The second-order valence-electron chi connectivity index (χ2n) is 12.1. The van der Waals surface area contributed by atoms with Gasteiger partial charge in [-0.3, -0.25) is 9.80 Å². The maximum absolute atomic E-state index is 12.4. The van der Waals surface area contributed by atoms with E-state index in [-0.39, 0.29) is 12.1 Å². The number of nitrogens with zero attached hydrogens (tertiary/aromatic N) is 2. The van der Waals surface area contributed by atoms with Gasteiger partial charge in [0.15, 0.2) is 0 Å². The molecular formula is C35H38N2O3S4. The van der Waals surface area contributed by atoms with Crippen molar-refractivity contribution in [3.8, 4) is 5.75 Å². The third-order valence-electron chi connectivity index (χ3n) is 9.44. The largest absolute Gasteiger partial charge is 0.507 e. The third kappa shape index (κ3) is 5.31. The predicted octanol–water partition coefficient (Wildman–Crippen LogP) is 7.75. The monoisotopic (exact) mass is 662 g/mol. The number of hydrogen-bond acceptors (Lipinski definition) is 9. The van der Waals surface area contributed by atoms with Crippen LogP contribution in [0.4, 0.5) is 0 Å². The Morgan fingerprint density at radius 2 is 1.02 bits per heavy atom. The maximum Gasteiger partial charge on any atom is 0.148 e. The topological polar surface area (TPSA) is 67.2 Å². The third-order valence-corrected chi connectivity index (χ3v) is 13.4. The van der Waals surface area contributed by atoms with E-state index in [1.807, 2.05) is 70.1 Å². The molecule has 9 heteroatoms. The fourth-order valence-corrected chi connectivity index (χ4v) is 11.1. The molecule has 4 aromatic heterocycles. The molecule has 2 saturated heterocycles. The molecule has 2 aliphatic rings. The number of aromatic hydroxyl groups is 1. The van der Waals surface area contributed by atoms with Gasteiger partial charge in [0, 0.05) is 55.8 Å². The van der Waals surface area contributed by atoms with Crippen molar-refractivity contribution in [3.63, 3.8) is 0 Å². The molecule has 0 aliphatic carbocycles. The average Bonchev–Trinajstić information content (AvgIpc) is 3.87. The van der Waals surface area contributed by atoms with Crippen LogP contribution in [0.3, 0.4) is 0 Å². The first-order chi connectivity index (χ1) is 21.4. The van der Waals surface area contributed by atoms with Crippen molar-refractivity contribution in [1.29, 1.82) is 0 Å². The number of thiophene rings is 4. The maximum atomic E-state index is 12.4. The fraction of sp³-hybridized carbons (Fsp3) is 0.371. The molecule has 5 aromatic rings. The van der Waals surface area contributed by atoms with Gasteiger partial charge in [0.05, 0.1) is 0 Å². The summed E-state index contributed by atoms with van der Waals surface area (Å²) in [6.45, 7) is 4.98. The molecule has 6 heterocycles. The van der Waals surface area contributed by atoms with Gasteiger partial charge >= 0.3 is 0 Å². The van der Waals surface area contributed by atoms with Gasteiger partial charge in [0.2, 0.25) is 0 Å². The molecule has 1 aromatic carbocycles. The van der Waals surface area contributed by atoms with Crippen LogP contribution < -0.4 is 0 Å². The summed E-state index contributed by atoms with van der Waals surface area (Å²) in [6.07, 6.45) is 3.79. The minimum Gasteiger partial charge on any atom is -0.507 e. The van der Waals surface area contributed by atoms with Crippen molar-refractivity contribution < 1.29 is 15.3 Å². The quantitative estimate of drug-likeness (QED) is 0.143. The van der Waals surface area contributed by atoms with Gasteiger partial charge in [-0.15, -0.1) is 45.3 Å². The van der Waals surface area contributed by atoms with Crippen LogP contribution in [0.5, 0.6) is 5.75 Å². The Labute approximate surface area is 275 Å². The highest BCUT2D eigenvalue weighted by Crippen LogP contribution is 2.46. The zero-order valence-electron chi connectivity index (χ0n) is 24.8. The lowest BCUT2D eigenvalue weighted by Gasteiger charge is -2.39. The second-order valence-corrected chi connectivity index (χ2v) is 15.9. The Morgan fingerprint density at radius 3 is 1.34 bits per heavy atom. The first kappa shape index (κ1) is 30.3. The normalized spacial score (nSPS) is 20.2. The van der Waals surface area contributed by atoms with E-state index in [1.165, 1.54) is 0 Å². The number of hydrogen-bond donors (Lipinski definition) is 3. The van der Waals surface area contributed by atoms with Crippen LogP contribution in [0.15, 0.2) is 82.2 Å². The minimum absolute atomic E-state index is 0.0854. The molecule has 0 unspecified atom stereocenters. The number of aryl methyl sites for hydroxylation is 1. The van der Waals surface area contributed by atoms with Gasteiger partial charge in [0.25, 0.3) is 0 Å². The van der Waals surface area contributed by atoms with Crippen molar-refractivity contribution in [2.45, 2.75) is 69.0 Å². The van der Waals surface area contributed by atoms with Crippen LogP contribution in [0.1, 0.15) is 61.9 Å². The van der Waals surface area contributed by atoms with Crippen LogP contribution in [0.2, 0.25) is 0 Å². The van der Waals surface area contributed by atoms with E-state index in [0.717, 1.165) is 75.0 Å². The molecule has 2 aliphatic heterocycles. The highest BCUT2D eigenvalue weighted by Gasteiger charge is 2.48. The smallest absolute Gasteiger partial charge is 0.148 e. The summed E-state index contributed by atoms with van der Waals surface area (Å²) in [5.41, 5.74) is 0.733. The molecule has 0 amide bonds. The Morgan fingerprint density at radius 1 is 0.659 bits per heavy atom.